The van der Waals surface area contributed by atoms with Crippen LogP contribution in [0, 0.1) is 5.92 Å². The molecule has 0 aliphatic carbocycles. The number of rotatable bonds is 4. The Balaban J connectivity index is 3.04. The summed E-state index contributed by atoms with van der Waals surface area (Å²) in [5, 5.41) is 1.13. The van der Waals surface area contributed by atoms with E-state index in [0.29, 0.717) is 22.5 Å². The van der Waals surface area contributed by atoms with Crippen LogP contribution in [-0.4, -0.2) is 6.54 Å². The topological polar surface area (TPSA) is 26.0 Å². The highest BCUT2D eigenvalue weighted by atomic mass is 35.5. The molecule has 0 aromatic heterocycles. The zero-order valence-corrected chi connectivity index (χ0v) is 11.1. The zero-order chi connectivity index (χ0) is 12.3. The Labute approximate surface area is 107 Å². The van der Waals surface area contributed by atoms with Gasteiger partial charge in [-0.2, -0.15) is 0 Å². The van der Waals surface area contributed by atoms with Crippen molar-refractivity contribution in [3.05, 3.63) is 46.0 Å². The fourth-order valence-corrected chi connectivity index (χ4v) is 1.94. The summed E-state index contributed by atoms with van der Waals surface area (Å²) in [5.74, 6) is 0.553. The van der Waals surface area contributed by atoms with Crippen molar-refractivity contribution < 1.29 is 0 Å². The van der Waals surface area contributed by atoms with E-state index < -0.39 is 0 Å². The second-order valence-corrected chi connectivity index (χ2v) is 5.01. The second-order valence-electron chi connectivity index (χ2n) is 4.19. The fourth-order valence-electron chi connectivity index (χ4n) is 1.63. The Morgan fingerprint density at radius 2 is 1.94 bits per heavy atom. The van der Waals surface area contributed by atoms with Crippen molar-refractivity contribution in [1.82, 2.24) is 0 Å². The Morgan fingerprint density at radius 1 is 1.31 bits per heavy atom. The van der Waals surface area contributed by atoms with Gasteiger partial charge in [0.05, 0.1) is 10.0 Å². The van der Waals surface area contributed by atoms with Crippen molar-refractivity contribution in [3.63, 3.8) is 0 Å². The maximum atomic E-state index is 6.00. The average molecular weight is 258 g/mol. The molecule has 0 fully saturated rings. The molecule has 0 unspecified atom stereocenters. The molecule has 3 heteroatoms. The molecular weight excluding hydrogens is 241 g/mol. The fraction of sp³-hybridized carbons (Fsp3) is 0.385. The summed E-state index contributed by atoms with van der Waals surface area (Å²) in [6.07, 6.45) is 0. The minimum atomic E-state index is 0.148. The van der Waals surface area contributed by atoms with Gasteiger partial charge in [-0.05, 0) is 23.6 Å². The number of hydrogen-bond acceptors (Lipinski definition) is 1. The summed E-state index contributed by atoms with van der Waals surface area (Å²) in [4.78, 5) is 0. The van der Waals surface area contributed by atoms with Crippen LogP contribution in [0.15, 0.2) is 30.4 Å². The Morgan fingerprint density at radius 3 is 2.38 bits per heavy atom. The third-order valence-electron chi connectivity index (χ3n) is 2.77. The zero-order valence-electron chi connectivity index (χ0n) is 9.63. The van der Waals surface area contributed by atoms with Crippen molar-refractivity contribution >= 4 is 23.2 Å². The van der Waals surface area contributed by atoms with E-state index in [0.717, 1.165) is 11.1 Å². The van der Waals surface area contributed by atoms with Gasteiger partial charge < -0.3 is 5.73 Å². The van der Waals surface area contributed by atoms with Crippen LogP contribution in [0.5, 0.6) is 0 Å². The van der Waals surface area contributed by atoms with Gasteiger partial charge in [-0.25, -0.2) is 0 Å². The molecule has 0 aliphatic heterocycles. The van der Waals surface area contributed by atoms with E-state index in [-0.39, 0.29) is 5.92 Å². The maximum absolute atomic E-state index is 6.00. The highest BCUT2D eigenvalue weighted by Crippen LogP contribution is 2.31. The summed E-state index contributed by atoms with van der Waals surface area (Å²) in [6, 6.07) is 5.63. The number of nitrogens with two attached hydrogens (primary N) is 1. The first-order valence-corrected chi connectivity index (χ1v) is 6.06. The molecule has 0 heterocycles. The summed E-state index contributed by atoms with van der Waals surface area (Å²) >= 11 is 11.9. The maximum Gasteiger partial charge on any atom is 0.0595 e. The Bertz CT molecular complexity index is 386. The van der Waals surface area contributed by atoms with Crippen LogP contribution in [0.1, 0.15) is 25.3 Å². The van der Waals surface area contributed by atoms with E-state index in [2.05, 4.69) is 20.4 Å². The molecule has 1 atom stereocenters. The predicted octanol–water partition coefficient (Wildman–Crippen LogP) is 4.25. The molecule has 2 N–H and O–H groups in total. The van der Waals surface area contributed by atoms with Gasteiger partial charge in [0, 0.05) is 12.5 Å². The first-order valence-electron chi connectivity index (χ1n) is 5.31. The highest BCUT2D eigenvalue weighted by Gasteiger charge is 2.16. The number of hydrogen-bond donors (Lipinski definition) is 1. The van der Waals surface area contributed by atoms with E-state index in [9.17, 15) is 0 Å². The molecule has 1 rings (SSSR count). The molecule has 0 saturated heterocycles. The predicted molar refractivity (Wildman–Crippen MR) is 72.2 cm³/mol. The summed E-state index contributed by atoms with van der Waals surface area (Å²) < 4.78 is 0. The minimum Gasteiger partial charge on any atom is -0.330 e. The van der Waals surface area contributed by atoms with Crippen molar-refractivity contribution in [2.75, 3.05) is 6.54 Å². The van der Waals surface area contributed by atoms with Gasteiger partial charge in [0.1, 0.15) is 0 Å². The van der Waals surface area contributed by atoms with Gasteiger partial charge >= 0.3 is 0 Å². The first-order chi connectivity index (χ1) is 7.47. The lowest BCUT2D eigenvalue weighted by molar-refractivity contribution is 0.658. The minimum absolute atomic E-state index is 0.148. The Kier molecular flexibility index (Phi) is 4.85. The van der Waals surface area contributed by atoms with E-state index in [1.165, 1.54) is 0 Å². The standard InChI is InChI=1S/C13H17Cl2N/c1-8(2)9(3)11(7-16)10-4-5-12(14)13(15)6-10/h4-6,8,11H,3,7,16H2,1-2H3/t11-/m0/s1. The summed E-state index contributed by atoms with van der Waals surface area (Å²) in [5.41, 5.74) is 8.00. The lowest BCUT2D eigenvalue weighted by Gasteiger charge is -2.21. The second kappa shape index (κ2) is 5.72. The molecule has 0 aliphatic rings. The van der Waals surface area contributed by atoms with E-state index in [1.807, 2.05) is 12.1 Å². The molecule has 0 spiro atoms. The molecule has 88 valence electrons. The van der Waals surface area contributed by atoms with Crippen LogP contribution in [0.3, 0.4) is 0 Å². The molecule has 0 saturated carbocycles. The third kappa shape index (κ3) is 3.00. The molecule has 1 aromatic rings. The lowest BCUT2D eigenvalue weighted by Crippen LogP contribution is -2.17. The van der Waals surface area contributed by atoms with E-state index in [4.69, 9.17) is 28.9 Å². The van der Waals surface area contributed by atoms with E-state index >= 15 is 0 Å². The van der Waals surface area contributed by atoms with Gasteiger partial charge in [-0.3, -0.25) is 0 Å². The average Bonchev–Trinajstić information content (AvgIpc) is 2.24. The summed E-state index contributed by atoms with van der Waals surface area (Å²) in [7, 11) is 0. The molecule has 0 radical (unpaired) electrons. The Hall–Kier alpha value is -0.500. The van der Waals surface area contributed by atoms with Gasteiger partial charge in [0.25, 0.3) is 0 Å². The third-order valence-corrected chi connectivity index (χ3v) is 3.51. The normalized spacial score (nSPS) is 12.9. The van der Waals surface area contributed by atoms with Crippen LogP contribution in [0.25, 0.3) is 0 Å². The first kappa shape index (κ1) is 13.6. The summed E-state index contributed by atoms with van der Waals surface area (Å²) in [6.45, 7) is 8.86. The van der Waals surface area contributed by atoms with Crippen molar-refractivity contribution in [2.24, 2.45) is 11.7 Å². The SMILES string of the molecule is C=C(C(C)C)[C@H](CN)c1ccc(Cl)c(Cl)c1. The largest absolute Gasteiger partial charge is 0.330 e. The van der Waals surface area contributed by atoms with Crippen LogP contribution < -0.4 is 5.73 Å². The molecule has 16 heavy (non-hydrogen) atoms. The van der Waals surface area contributed by atoms with Crippen LogP contribution in [0.4, 0.5) is 0 Å². The van der Waals surface area contributed by atoms with Crippen LogP contribution >= 0.6 is 23.2 Å². The van der Waals surface area contributed by atoms with Gasteiger partial charge in [-0.15, -0.1) is 0 Å². The van der Waals surface area contributed by atoms with Gasteiger partial charge in [0.2, 0.25) is 0 Å². The molecule has 1 nitrogen and oxygen atoms in total. The van der Waals surface area contributed by atoms with Crippen molar-refractivity contribution in [2.45, 2.75) is 19.8 Å². The number of halogens is 2. The van der Waals surface area contributed by atoms with Crippen LogP contribution in [-0.2, 0) is 0 Å². The van der Waals surface area contributed by atoms with Gasteiger partial charge in [-0.1, -0.05) is 55.3 Å². The van der Waals surface area contributed by atoms with Crippen molar-refractivity contribution in [3.8, 4) is 0 Å². The molecular formula is C13H17Cl2N. The van der Waals surface area contributed by atoms with Crippen LogP contribution in [0.2, 0.25) is 10.0 Å². The number of benzene rings is 1. The van der Waals surface area contributed by atoms with E-state index in [1.54, 1.807) is 6.07 Å². The lowest BCUT2D eigenvalue weighted by atomic mass is 9.86. The van der Waals surface area contributed by atoms with Crippen molar-refractivity contribution in [1.29, 1.82) is 0 Å². The molecule has 1 aromatic carbocycles. The van der Waals surface area contributed by atoms with Gasteiger partial charge in [0.15, 0.2) is 0 Å². The quantitative estimate of drug-likeness (QED) is 0.803. The smallest absolute Gasteiger partial charge is 0.0595 e. The highest BCUT2D eigenvalue weighted by molar-refractivity contribution is 6.42. The molecule has 0 amide bonds. The molecule has 0 bridgehead atoms. The monoisotopic (exact) mass is 257 g/mol.